The molecule has 4 nitrogen and oxygen atoms in total. The topological polar surface area (TPSA) is 44.4 Å². The van der Waals surface area contributed by atoms with Crippen LogP contribution in [0.5, 0.6) is 0 Å². The van der Waals surface area contributed by atoms with Crippen LogP contribution in [0.4, 0.5) is 4.79 Å². The minimum absolute atomic E-state index is 0.0119. The van der Waals surface area contributed by atoms with E-state index in [1.165, 1.54) is 0 Å². The van der Waals surface area contributed by atoms with Crippen molar-refractivity contribution in [2.75, 3.05) is 19.6 Å². The molecule has 0 aromatic rings. The summed E-state index contributed by atoms with van der Waals surface area (Å²) in [6.07, 6.45) is 2.84. The molecule has 0 aromatic carbocycles. The van der Waals surface area contributed by atoms with Crippen LogP contribution in [-0.2, 0) is 0 Å². The molecule has 0 unspecified atom stereocenters. The Kier molecular flexibility index (Phi) is 3.61. The number of hydrogen-bond acceptors (Lipinski definition) is 2. The summed E-state index contributed by atoms with van der Waals surface area (Å²) < 4.78 is 0. The molecular formula is C9H17N3O. The van der Waals surface area contributed by atoms with E-state index < -0.39 is 0 Å². The maximum Gasteiger partial charge on any atom is 0.321 e. The molecule has 0 saturated carbocycles. The Balaban J connectivity index is 2.64. The summed E-state index contributed by atoms with van der Waals surface area (Å²) in [6.45, 7) is 6.37. The smallest absolute Gasteiger partial charge is 0.321 e. The van der Waals surface area contributed by atoms with Gasteiger partial charge in [0, 0.05) is 38.0 Å². The highest BCUT2D eigenvalue weighted by molar-refractivity contribution is 5.77. The van der Waals surface area contributed by atoms with Crippen LogP contribution in [0.3, 0.4) is 0 Å². The first-order valence-electron chi connectivity index (χ1n) is 4.77. The number of hydrogen-bond donors (Lipinski definition) is 2. The van der Waals surface area contributed by atoms with E-state index in [-0.39, 0.29) is 6.03 Å². The summed E-state index contributed by atoms with van der Waals surface area (Å²) in [5, 5.41) is 5.93. The molecule has 13 heavy (non-hydrogen) atoms. The van der Waals surface area contributed by atoms with Crippen molar-refractivity contribution in [3.05, 3.63) is 11.9 Å². The molecule has 74 valence electrons. The van der Waals surface area contributed by atoms with E-state index in [0.29, 0.717) is 0 Å². The highest BCUT2D eigenvalue weighted by atomic mass is 16.2. The van der Waals surface area contributed by atoms with E-state index in [1.54, 1.807) is 4.90 Å². The van der Waals surface area contributed by atoms with Crippen LogP contribution in [0.25, 0.3) is 0 Å². The highest BCUT2D eigenvalue weighted by Gasteiger charge is 2.20. The summed E-state index contributed by atoms with van der Waals surface area (Å²) in [4.78, 5) is 13.1. The molecule has 1 aliphatic heterocycles. The van der Waals surface area contributed by atoms with E-state index in [4.69, 9.17) is 0 Å². The molecule has 0 aliphatic carbocycles. The van der Waals surface area contributed by atoms with Gasteiger partial charge in [-0.1, -0.05) is 0 Å². The van der Waals surface area contributed by atoms with Gasteiger partial charge in [0.25, 0.3) is 0 Å². The summed E-state index contributed by atoms with van der Waals surface area (Å²) in [7, 11) is 0. The lowest BCUT2D eigenvalue weighted by molar-refractivity contribution is 0.204. The van der Waals surface area contributed by atoms with Crippen molar-refractivity contribution in [3.8, 4) is 0 Å². The van der Waals surface area contributed by atoms with Crippen LogP contribution in [0, 0.1) is 0 Å². The zero-order valence-corrected chi connectivity index (χ0v) is 8.26. The second-order valence-corrected chi connectivity index (χ2v) is 2.92. The number of nitrogens with one attached hydrogen (secondary N) is 2. The molecule has 0 bridgehead atoms. The Bertz CT molecular complexity index is 213. The van der Waals surface area contributed by atoms with Crippen molar-refractivity contribution in [1.29, 1.82) is 0 Å². The molecule has 1 rings (SSSR count). The van der Waals surface area contributed by atoms with Crippen LogP contribution in [0.15, 0.2) is 11.9 Å². The Morgan fingerprint density at radius 2 is 2.38 bits per heavy atom. The molecule has 4 heteroatoms. The van der Waals surface area contributed by atoms with Gasteiger partial charge in [-0.15, -0.1) is 0 Å². The monoisotopic (exact) mass is 183 g/mol. The third-order valence-electron chi connectivity index (χ3n) is 2.04. The molecule has 2 amide bonds. The quantitative estimate of drug-likeness (QED) is 0.682. The molecule has 0 atom stereocenters. The van der Waals surface area contributed by atoms with Crippen LogP contribution in [-0.4, -0.2) is 30.6 Å². The van der Waals surface area contributed by atoms with Crippen LogP contribution in [0.1, 0.15) is 20.3 Å². The van der Waals surface area contributed by atoms with E-state index in [2.05, 4.69) is 10.6 Å². The molecule has 1 fully saturated rings. The van der Waals surface area contributed by atoms with Gasteiger partial charge in [0.2, 0.25) is 0 Å². The zero-order valence-electron chi connectivity index (χ0n) is 8.26. The van der Waals surface area contributed by atoms with Crippen molar-refractivity contribution in [2.24, 2.45) is 0 Å². The minimum Gasteiger partial charge on any atom is -0.390 e. The lowest BCUT2D eigenvalue weighted by Crippen LogP contribution is -2.45. The summed E-state index contributed by atoms with van der Waals surface area (Å²) in [5.74, 6) is 0. The molecule has 1 heterocycles. The van der Waals surface area contributed by atoms with Crippen molar-refractivity contribution in [2.45, 2.75) is 20.3 Å². The average molecular weight is 183 g/mol. The first-order chi connectivity index (χ1) is 6.29. The molecule has 1 saturated heterocycles. The summed E-state index contributed by atoms with van der Waals surface area (Å²) >= 11 is 0. The van der Waals surface area contributed by atoms with Crippen LogP contribution < -0.4 is 10.6 Å². The predicted molar refractivity (Wildman–Crippen MR) is 52.2 cm³/mol. The third-order valence-corrected chi connectivity index (χ3v) is 2.04. The fraction of sp³-hybridized carbons (Fsp3) is 0.667. The molecule has 1 aliphatic rings. The first kappa shape index (κ1) is 9.89. The lowest BCUT2D eigenvalue weighted by Gasteiger charge is -2.29. The largest absolute Gasteiger partial charge is 0.390 e. The van der Waals surface area contributed by atoms with E-state index in [1.807, 2.05) is 20.0 Å². The van der Waals surface area contributed by atoms with E-state index in [9.17, 15) is 4.79 Å². The predicted octanol–water partition coefficient (Wildman–Crippen LogP) is 0.872. The first-order valence-corrected chi connectivity index (χ1v) is 4.77. The zero-order chi connectivity index (χ0) is 9.68. The van der Waals surface area contributed by atoms with Crippen LogP contribution in [0.2, 0.25) is 0 Å². The molecule has 0 radical (unpaired) electrons. The fourth-order valence-electron chi connectivity index (χ4n) is 1.37. The van der Waals surface area contributed by atoms with Gasteiger partial charge < -0.3 is 10.6 Å². The van der Waals surface area contributed by atoms with Gasteiger partial charge in [-0.05, 0) is 13.8 Å². The second-order valence-electron chi connectivity index (χ2n) is 2.92. The number of nitrogens with zero attached hydrogens (tertiary/aromatic N) is 1. The summed E-state index contributed by atoms with van der Waals surface area (Å²) in [5.41, 5.74) is 1.08. The van der Waals surface area contributed by atoms with Crippen molar-refractivity contribution < 1.29 is 4.79 Å². The van der Waals surface area contributed by atoms with Gasteiger partial charge in [0.1, 0.15) is 0 Å². The standard InChI is InChI=1S/C9H17N3O/c1-3-10-7-8-5-6-11-9(13)12(8)4-2/h7,10H,3-6H2,1-2H3,(H,11,13)/b8-7-. The van der Waals surface area contributed by atoms with E-state index >= 15 is 0 Å². The fourth-order valence-corrected chi connectivity index (χ4v) is 1.37. The average Bonchev–Trinajstić information content (AvgIpc) is 2.15. The molecule has 0 spiro atoms. The van der Waals surface area contributed by atoms with Crippen molar-refractivity contribution >= 4 is 6.03 Å². The van der Waals surface area contributed by atoms with Gasteiger partial charge in [-0.2, -0.15) is 0 Å². The van der Waals surface area contributed by atoms with Crippen molar-refractivity contribution in [3.63, 3.8) is 0 Å². The molecule has 0 aromatic heterocycles. The van der Waals surface area contributed by atoms with Gasteiger partial charge in [-0.3, -0.25) is 4.90 Å². The molecular weight excluding hydrogens is 166 g/mol. The number of urea groups is 1. The summed E-state index contributed by atoms with van der Waals surface area (Å²) in [6, 6.07) is 0.0119. The van der Waals surface area contributed by atoms with Gasteiger partial charge in [0.15, 0.2) is 0 Å². The third kappa shape index (κ3) is 2.37. The second kappa shape index (κ2) is 4.74. The minimum atomic E-state index is 0.0119. The number of rotatable bonds is 3. The Hall–Kier alpha value is -1.19. The normalized spacial score (nSPS) is 20.3. The van der Waals surface area contributed by atoms with Gasteiger partial charge >= 0.3 is 6.03 Å². The molecule has 2 N–H and O–H groups in total. The van der Waals surface area contributed by atoms with Crippen LogP contribution >= 0.6 is 0 Å². The maximum absolute atomic E-state index is 11.3. The maximum atomic E-state index is 11.3. The Morgan fingerprint density at radius 3 is 3.00 bits per heavy atom. The van der Waals surface area contributed by atoms with Crippen molar-refractivity contribution in [1.82, 2.24) is 15.5 Å². The number of carbonyl (C=O) groups excluding carboxylic acids is 1. The Morgan fingerprint density at radius 1 is 1.62 bits per heavy atom. The number of carbonyl (C=O) groups is 1. The highest BCUT2D eigenvalue weighted by Crippen LogP contribution is 2.11. The van der Waals surface area contributed by atoms with Gasteiger partial charge in [0.05, 0.1) is 0 Å². The SMILES string of the molecule is CCN/C=C1/CCNC(=O)N1CC. The lowest BCUT2D eigenvalue weighted by atomic mass is 10.2. The van der Waals surface area contributed by atoms with Gasteiger partial charge in [-0.25, -0.2) is 4.79 Å². The Labute approximate surface area is 79.0 Å². The van der Waals surface area contributed by atoms with E-state index in [0.717, 1.165) is 31.8 Å². The number of amides is 2.